The predicted octanol–water partition coefficient (Wildman–Crippen LogP) is 5.87. The van der Waals surface area contributed by atoms with Crippen molar-refractivity contribution >= 4 is 52.6 Å². The van der Waals surface area contributed by atoms with Crippen LogP contribution in [-0.2, 0) is 14.3 Å². The van der Waals surface area contributed by atoms with Crippen LogP contribution in [0.5, 0.6) is 0 Å². The van der Waals surface area contributed by atoms with E-state index in [1.165, 1.54) is 15.9 Å². The number of carbonyl (C=O) groups excluding carboxylic acids is 3. The first-order chi connectivity index (χ1) is 18.5. The van der Waals surface area contributed by atoms with Gasteiger partial charge in [-0.25, -0.2) is 4.79 Å². The minimum atomic E-state index is -0.546. The number of rotatable bonds is 6. The largest absolute Gasteiger partial charge is 0.462 e. The molecule has 38 heavy (non-hydrogen) atoms. The number of anilines is 2. The molecule has 5 rings (SSSR count). The lowest BCUT2D eigenvalue weighted by atomic mass is 10.1. The number of hydrogen-bond donors (Lipinski definition) is 0. The molecule has 4 aromatic rings. The van der Waals surface area contributed by atoms with Gasteiger partial charge in [-0.2, -0.15) is 0 Å². The van der Waals surface area contributed by atoms with Gasteiger partial charge in [0.2, 0.25) is 0 Å². The predicted molar refractivity (Wildman–Crippen MR) is 149 cm³/mol. The Morgan fingerprint density at radius 3 is 1.89 bits per heavy atom. The lowest BCUT2D eigenvalue weighted by molar-refractivity contribution is -0.120. The number of hydrogen-bond acceptors (Lipinski definition) is 6. The van der Waals surface area contributed by atoms with Crippen LogP contribution < -0.4 is 9.80 Å². The second-order valence-electron chi connectivity index (χ2n) is 8.29. The lowest BCUT2D eigenvalue weighted by Crippen LogP contribution is -2.56. The van der Waals surface area contributed by atoms with E-state index in [0.29, 0.717) is 35.1 Å². The number of para-hydroxylation sites is 2. The first-order valence-corrected chi connectivity index (χ1v) is 12.3. The van der Waals surface area contributed by atoms with Crippen LogP contribution in [0.1, 0.15) is 23.0 Å². The van der Waals surface area contributed by atoms with Gasteiger partial charge in [0.25, 0.3) is 11.8 Å². The molecule has 1 fully saturated rings. The molecular formula is C30H22N2O5S. The molecule has 3 aromatic carbocycles. The maximum absolute atomic E-state index is 13.6. The van der Waals surface area contributed by atoms with E-state index in [4.69, 9.17) is 21.4 Å². The molecule has 0 bridgehead atoms. The molecule has 1 aromatic heterocycles. The Morgan fingerprint density at radius 1 is 0.816 bits per heavy atom. The van der Waals surface area contributed by atoms with Gasteiger partial charge in [0.05, 0.1) is 23.5 Å². The van der Waals surface area contributed by atoms with Gasteiger partial charge in [-0.15, -0.1) is 0 Å². The highest BCUT2D eigenvalue weighted by Gasteiger charge is 2.41. The zero-order chi connectivity index (χ0) is 26.6. The van der Waals surface area contributed by atoms with E-state index >= 15 is 0 Å². The second kappa shape index (κ2) is 10.7. The third-order valence-corrected chi connectivity index (χ3v) is 6.24. The van der Waals surface area contributed by atoms with Gasteiger partial charge in [-0.3, -0.25) is 19.4 Å². The van der Waals surface area contributed by atoms with E-state index in [1.807, 2.05) is 12.1 Å². The van der Waals surface area contributed by atoms with Crippen molar-refractivity contribution in [1.82, 2.24) is 0 Å². The second-order valence-corrected chi connectivity index (χ2v) is 8.66. The number of furan rings is 1. The normalized spacial score (nSPS) is 13.6. The Bertz CT molecular complexity index is 1480. The molecule has 0 radical (unpaired) electrons. The highest BCUT2D eigenvalue weighted by molar-refractivity contribution is 7.81. The third-order valence-electron chi connectivity index (χ3n) is 5.87. The summed E-state index contributed by atoms with van der Waals surface area (Å²) >= 11 is 5.62. The third kappa shape index (κ3) is 4.77. The molecule has 0 saturated carbocycles. The fraction of sp³-hybridized carbons (Fsp3) is 0.0667. The summed E-state index contributed by atoms with van der Waals surface area (Å²) in [4.78, 5) is 41.8. The molecule has 0 spiro atoms. The molecule has 2 heterocycles. The maximum atomic E-state index is 13.6. The van der Waals surface area contributed by atoms with Crippen LogP contribution in [0.3, 0.4) is 0 Å². The number of benzene rings is 3. The summed E-state index contributed by atoms with van der Waals surface area (Å²) in [6.07, 6.45) is 1.43. The lowest BCUT2D eigenvalue weighted by Gasteiger charge is -2.36. The van der Waals surface area contributed by atoms with E-state index in [2.05, 4.69) is 0 Å². The highest BCUT2D eigenvalue weighted by Crippen LogP contribution is 2.31. The molecular weight excluding hydrogens is 500 g/mol. The van der Waals surface area contributed by atoms with Crippen molar-refractivity contribution in [3.05, 3.63) is 114 Å². The van der Waals surface area contributed by atoms with Crippen molar-refractivity contribution in [3.8, 4) is 11.3 Å². The molecule has 0 aliphatic carbocycles. The van der Waals surface area contributed by atoms with Crippen LogP contribution >= 0.6 is 12.2 Å². The standard InChI is InChI=1S/C30H22N2O5S/c1-2-36-29(35)21-15-13-20(14-16-21)26-18-17-24(37-26)19-25-27(33)31(22-9-5-3-6-10-22)30(38)32(28(25)34)23-11-7-4-8-12-23/h3-19H,2H2,1H3. The van der Waals surface area contributed by atoms with Crippen LogP contribution in [0.15, 0.2) is 107 Å². The van der Waals surface area contributed by atoms with E-state index in [9.17, 15) is 14.4 Å². The van der Waals surface area contributed by atoms with Crippen molar-refractivity contribution in [3.63, 3.8) is 0 Å². The summed E-state index contributed by atoms with van der Waals surface area (Å²) in [5.74, 6) is -0.661. The summed E-state index contributed by atoms with van der Waals surface area (Å²) in [6.45, 7) is 2.04. The topological polar surface area (TPSA) is 80.1 Å². The van der Waals surface area contributed by atoms with Gasteiger partial charge < -0.3 is 9.15 Å². The number of ether oxygens (including phenoxy) is 1. The van der Waals surface area contributed by atoms with Gasteiger partial charge >= 0.3 is 5.97 Å². The van der Waals surface area contributed by atoms with Gasteiger partial charge in [0, 0.05) is 5.56 Å². The van der Waals surface area contributed by atoms with Crippen LogP contribution in [-0.4, -0.2) is 29.5 Å². The van der Waals surface area contributed by atoms with Crippen molar-refractivity contribution in [2.45, 2.75) is 6.92 Å². The van der Waals surface area contributed by atoms with E-state index in [1.54, 1.807) is 91.9 Å². The van der Waals surface area contributed by atoms with Crippen molar-refractivity contribution in [2.24, 2.45) is 0 Å². The molecule has 0 atom stereocenters. The summed E-state index contributed by atoms with van der Waals surface area (Å²) < 4.78 is 11.0. The van der Waals surface area contributed by atoms with Crippen LogP contribution in [0.2, 0.25) is 0 Å². The number of thiocarbonyl (C=S) groups is 1. The number of carbonyl (C=O) groups is 3. The first-order valence-electron chi connectivity index (χ1n) is 11.9. The molecule has 1 saturated heterocycles. The Morgan fingerprint density at radius 2 is 1.37 bits per heavy atom. The molecule has 7 nitrogen and oxygen atoms in total. The zero-order valence-electron chi connectivity index (χ0n) is 20.4. The molecule has 0 unspecified atom stereocenters. The van der Waals surface area contributed by atoms with Crippen molar-refractivity contribution in [2.75, 3.05) is 16.4 Å². The molecule has 0 N–H and O–H groups in total. The summed E-state index contributed by atoms with van der Waals surface area (Å²) in [6, 6.07) is 28.1. The molecule has 8 heteroatoms. The molecule has 2 amide bonds. The quantitative estimate of drug-likeness (QED) is 0.136. The van der Waals surface area contributed by atoms with Crippen LogP contribution in [0.4, 0.5) is 11.4 Å². The summed E-state index contributed by atoms with van der Waals surface area (Å²) in [5, 5.41) is 0.0661. The number of esters is 1. The highest BCUT2D eigenvalue weighted by atomic mass is 32.1. The van der Waals surface area contributed by atoms with E-state index in [0.717, 1.165) is 5.56 Å². The minimum absolute atomic E-state index is 0.0661. The van der Waals surface area contributed by atoms with E-state index < -0.39 is 17.8 Å². The van der Waals surface area contributed by atoms with Gasteiger partial charge in [-0.05, 0) is 73.7 Å². The average Bonchev–Trinajstić information content (AvgIpc) is 3.41. The van der Waals surface area contributed by atoms with Crippen molar-refractivity contribution < 1.29 is 23.5 Å². The van der Waals surface area contributed by atoms with E-state index in [-0.39, 0.29) is 10.7 Å². The summed E-state index contributed by atoms with van der Waals surface area (Å²) in [5.41, 5.74) is 2.15. The van der Waals surface area contributed by atoms with Crippen LogP contribution in [0.25, 0.3) is 17.4 Å². The Kier molecular flexibility index (Phi) is 6.97. The van der Waals surface area contributed by atoms with Gasteiger partial charge in [0.1, 0.15) is 17.1 Å². The smallest absolute Gasteiger partial charge is 0.338 e. The fourth-order valence-electron chi connectivity index (χ4n) is 4.05. The Hall–Kier alpha value is -4.82. The van der Waals surface area contributed by atoms with Crippen molar-refractivity contribution in [1.29, 1.82) is 0 Å². The monoisotopic (exact) mass is 522 g/mol. The molecule has 188 valence electrons. The van der Waals surface area contributed by atoms with Crippen LogP contribution in [0, 0.1) is 0 Å². The summed E-state index contributed by atoms with van der Waals surface area (Å²) in [7, 11) is 0. The first kappa shape index (κ1) is 24.9. The molecule has 1 aliphatic rings. The van der Waals surface area contributed by atoms with Gasteiger partial charge in [-0.1, -0.05) is 48.5 Å². The van der Waals surface area contributed by atoms with Gasteiger partial charge in [0.15, 0.2) is 5.11 Å². The maximum Gasteiger partial charge on any atom is 0.338 e. The Labute approximate surface area is 224 Å². The SMILES string of the molecule is CCOC(=O)c1ccc(-c2ccc(C=C3C(=O)N(c4ccccc4)C(=S)N(c4ccccc4)C3=O)o2)cc1. The number of amides is 2. The number of nitrogens with zero attached hydrogens (tertiary/aromatic N) is 2. The fourth-order valence-corrected chi connectivity index (χ4v) is 4.43. The minimum Gasteiger partial charge on any atom is -0.462 e. The molecule has 1 aliphatic heterocycles. The Balaban J connectivity index is 1.51. The average molecular weight is 523 g/mol. The zero-order valence-corrected chi connectivity index (χ0v) is 21.2.